The van der Waals surface area contributed by atoms with Crippen LogP contribution in [0, 0.1) is 0 Å². The average molecular weight is 700 g/mol. The van der Waals surface area contributed by atoms with Crippen LogP contribution in [0.15, 0.2) is 42.7 Å². The summed E-state index contributed by atoms with van der Waals surface area (Å²) in [7, 11) is 0. The van der Waals surface area contributed by atoms with Gasteiger partial charge < -0.3 is 54.8 Å². The Bertz CT molecular complexity index is 1380. The highest BCUT2D eigenvalue weighted by Crippen LogP contribution is 2.25. The highest BCUT2D eigenvalue weighted by atomic mass is 16.6. The van der Waals surface area contributed by atoms with Gasteiger partial charge in [0.15, 0.2) is 11.6 Å². The molecule has 0 saturated carbocycles. The highest BCUT2D eigenvalue weighted by Gasteiger charge is 2.20. The van der Waals surface area contributed by atoms with Gasteiger partial charge in [0.25, 0.3) is 0 Å². The number of nitrogens with zero attached hydrogens (tertiary/aromatic N) is 4. The lowest BCUT2D eigenvalue weighted by Crippen LogP contribution is -2.37. The van der Waals surface area contributed by atoms with Crippen molar-refractivity contribution in [1.29, 1.82) is 0 Å². The Morgan fingerprint density at radius 1 is 0.880 bits per heavy atom. The minimum atomic E-state index is -0.929. The second kappa shape index (κ2) is 23.7. The molecule has 2 aromatic heterocycles. The first kappa shape index (κ1) is 39.1. The molecule has 1 unspecified atom stereocenters. The van der Waals surface area contributed by atoms with Crippen LogP contribution >= 0.6 is 0 Å². The lowest BCUT2D eigenvalue weighted by atomic mass is 10.1. The number of nitrogens with one attached hydrogen (secondary N) is 2. The number of ether oxygens (including phenoxy) is 6. The molecular formula is C35H53N7O8. The maximum atomic E-state index is 12.3. The van der Waals surface area contributed by atoms with E-state index in [4.69, 9.17) is 39.1 Å². The molecular weight excluding hydrogens is 646 g/mol. The average Bonchev–Trinajstić information content (AvgIpc) is 3.14. The van der Waals surface area contributed by atoms with Gasteiger partial charge in [-0.1, -0.05) is 12.1 Å². The number of unbranched alkanes of at least 4 members (excludes halogenated alkanes) is 1. The first-order chi connectivity index (χ1) is 24.6. The number of hydrogen-bond donors (Lipinski definition) is 4. The number of anilines is 2. The molecule has 50 heavy (non-hydrogen) atoms. The van der Waals surface area contributed by atoms with Crippen molar-refractivity contribution in [1.82, 2.24) is 19.9 Å². The van der Waals surface area contributed by atoms with Gasteiger partial charge in [-0.25, -0.2) is 19.7 Å². The fourth-order valence-electron chi connectivity index (χ4n) is 5.29. The molecule has 5 N–H and O–H groups in total. The van der Waals surface area contributed by atoms with Crippen molar-refractivity contribution in [3.63, 3.8) is 0 Å². The summed E-state index contributed by atoms with van der Waals surface area (Å²) in [6, 6.07) is 10.7. The highest BCUT2D eigenvalue weighted by molar-refractivity contribution is 5.90. The van der Waals surface area contributed by atoms with Crippen molar-refractivity contribution in [2.45, 2.75) is 31.7 Å². The lowest BCUT2D eigenvalue weighted by molar-refractivity contribution is -0.138. The van der Waals surface area contributed by atoms with E-state index in [1.165, 1.54) is 6.33 Å². The number of nitrogens with two attached hydrogens (primary N) is 1. The summed E-state index contributed by atoms with van der Waals surface area (Å²) < 4.78 is 33.3. The van der Waals surface area contributed by atoms with E-state index < -0.39 is 12.0 Å². The topological polar surface area (TPSA) is 185 Å². The molecule has 0 radical (unpaired) electrons. The first-order valence-electron chi connectivity index (χ1n) is 17.5. The van der Waals surface area contributed by atoms with Crippen molar-refractivity contribution in [2.24, 2.45) is 5.73 Å². The molecule has 1 atom stereocenters. The molecule has 3 aromatic rings. The predicted octanol–water partition coefficient (Wildman–Crippen LogP) is 2.45. The molecule has 4 rings (SSSR count). The van der Waals surface area contributed by atoms with Gasteiger partial charge in [-0.15, -0.1) is 0 Å². The normalized spacial score (nSPS) is 13.2. The van der Waals surface area contributed by atoms with E-state index >= 15 is 0 Å². The fraction of sp³-hybridized carbons (Fsp3) is 0.600. The molecule has 3 heterocycles. The largest absolute Gasteiger partial charge is 0.488 e. The minimum absolute atomic E-state index is 0.391. The number of aromatic nitrogens is 3. The Kier molecular flexibility index (Phi) is 18.5. The van der Waals surface area contributed by atoms with Crippen LogP contribution in [0.1, 0.15) is 25.0 Å². The van der Waals surface area contributed by atoms with Gasteiger partial charge >= 0.3 is 5.97 Å². The number of hydrogen-bond acceptors (Lipinski definition) is 14. The third kappa shape index (κ3) is 14.6. The summed E-state index contributed by atoms with van der Waals surface area (Å²) >= 11 is 0. The maximum Gasteiger partial charge on any atom is 0.326 e. The second-order valence-electron chi connectivity index (χ2n) is 11.6. The van der Waals surface area contributed by atoms with Gasteiger partial charge in [0.05, 0.1) is 78.1 Å². The van der Waals surface area contributed by atoms with Crippen LogP contribution in [0.25, 0.3) is 10.9 Å². The Morgan fingerprint density at radius 2 is 1.58 bits per heavy atom. The quantitative estimate of drug-likeness (QED) is 0.0810. The van der Waals surface area contributed by atoms with Gasteiger partial charge in [0, 0.05) is 30.7 Å². The number of aliphatic carboxylic acids is 1. The van der Waals surface area contributed by atoms with Crippen LogP contribution in [0.2, 0.25) is 0 Å². The molecule has 0 fully saturated rings. The fourth-order valence-corrected chi connectivity index (χ4v) is 5.29. The van der Waals surface area contributed by atoms with E-state index in [9.17, 15) is 9.90 Å². The minimum Gasteiger partial charge on any atom is -0.488 e. The summed E-state index contributed by atoms with van der Waals surface area (Å²) in [4.78, 5) is 27.9. The zero-order valence-corrected chi connectivity index (χ0v) is 28.9. The van der Waals surface area contributed by atoms with Crippen molar-refractivity contribution in [2.75, 3.05) is 116 Å². The number of carboxylic acid groups (broad SMARTS) is 1. The van der Waals surface area contributed by atoms with Crippen molar-refractivity contribution in [3.05, 3.63) is 48.4 Å². The molecule has 0 saturated heterocycles. The zero-order valence-electron chi connectivity index (χ0n) is 28.9. The monoisotopic (exact) mass is 699 g/mol. The molecule has 1 aliphatic rings. The number of fused-ring (bicyclic) bond motifs is 2. The molecule has 15 heteroatoms. The van der Waals surface area contributed by atoms with Gasteiger partial charge in [0.2, 0.25) is 0 Å². The number of rotatable bonds is 28. The van der Waals surface area contributed by atoms with Gasteiger partial charge in [-0.05, 0) is 56.5 Å². The van der Waals surface area contributed by atoms with E-state index in [1.807, 2.05) is 36.4 Å². The molecule has 1 aliphatic heterocycles. The van der Waals surface area contributed by atoms with E-state index in [2.05, 4.69) is 25.5 Å². The molecule has 1 aromatic carbocycles. The SMILES string of the molecule is NCCOCCOCCOCCOCCOCCN(CCCCc1ccc2c(n1)NCCO2)CCC(Nc1ncnc2ccccc12)C(=O)O. The number of benzene rings is 1. The number of para-hydroxylation sites is 1. The van der Waals surface area contributed by atoms with E-state index in [1.54, 1.807) is 0 Å². The van der Waals surface area contributed by atoms with Crippen LogP contribution < -0.4 is 21.1 Å². The van der Waals surface area contributed by atoms with E-state index in [0.717, 1.165) is 60.5 Å². The third-order valence-corrected chi connectivity index (χ3v) is 7.91. The maximum absolute atomic E-state index is 12.3. The molecule has 15 nitrogen and oxygen atoms in total. The van der Waals surface area contributed by atoms with Crippen LogP contribution in [0.4, 0.5) is 11.6 Å². The third-order valence-electron chi connectivity index (χ3n) is 7.91. The number of pyridine rings is 1. The van der Waals surface area contributed by atoms with Crippen LogP contribution in [-0.4, -0.2) is 142 Å². The summed E-state index contributed by atoms with van der Waals surface area (Å²) in [6.07, 6.45) is 4.56. The Balaban J connectivity index is 1.16. The molecule has 0 bridgehead atoms. The standard InChI is InChI=1S/C35H53N7O8/c36-11-16-45-19-21-47-23-25-49-26-24-48-22-20-46-18-15-42(13-4-3-5-28-8-9-32-34(40-28)37-12-17-50-32)14-10-31(35(43)44)41-33-29-6-1-2-7-30(29)38-27-39-33/h1-2,6-9,27,31H,3-5,10-26,36H2,(H,37,40)(H,43,44)(H,38,39,41). The predicted molar refractivity (Wildman–Crippen MR) is 190 cm³/mol. The van der Waals surface area contributed by atoms with E-state index in [0.29, 0.717) is 105 Å². The van der Waals surface area contributed by atoms with Gasteiger partial charge in [-0.3, -0.25) is 0 Å². The Labute approximate surface area is 294 Å². The van der Waals surface area contributed by atoms with Crippen LogP contribution in [0.5, 0.6) is 5.75 Å². The first-order valence-corrected chi connectivity index (χ1v) is 17.5. The zero-order chi connectivity index (χ0) is 35.1. The summed E-state index contributed by atoms with van der Waals surface area (Å²) in [5, 5.41) is 17.3. The lowest BCUT2D eigenvalue weighted by Gasteiger charge is -2.25. The smallest absolute Gasteiger partial charge is 0.326 e. The van der Waals surface area contributed by atoms with Crippen molar-refractivity contribution >= 4 is 28.5 Å². The Hall–Kier alpha value is -3.70. The van der Waals surface area contributed by atoms with Gasteiger partial charge in [-0.2, -0.15) is 0 Å². The molecule has 276 valence electrons. The van der Waals surface area contributed by atoms with Crippen LogP contribution in [-0.2, 0) is 34.9 Å². The number of carbonyl (C=O) groups is 1. The molecule has 0 aliphatic carbocycles. The Morgan fingerprint density at radius 3 is 2.30 bits per heavy atom. The summed E-state index contributed by atoms with van der Waals surface area (Å²) in [5.74, 6) is 1.18. The van der Waals surface area contributed by atoms with Crippen LogP contribution in [0.3, 0.4) is 0 Å². The second-order valence-corrected chi connectivity index (χ2v) is 11.6. The number of aryl methyl sites for hydroxylation is 1. The molecule has 0 spiro atoms. The van der Waals surface area contributed by atoms with Gasteiger partial charge in [0.1, 0.15) is 24.8 Å². The molecule has 0 amide bonds. The number of carboxylic acids is 1. The summed E-state index contributed by atoms with van der Waals surface area (Å²) in [5.41, 5.74) is 7.15. The summed E-state index contributed by atoms with van der Waals surface area (Å²) in [6.45, 7) is 8.93. The van der Waals surface area contributed by atoms with E-state index in [-0.39, 0.29) is 0 Å². The van der Waals surface area contributed by atoms with Crippen molar-refractivity contribution in [3.8, 4) is 5.75 Å². The van der Waals surface area contributed by atoms with Crippen molar-refractivity contribution < 1.29 is 38.3 Å².